The van der Waals surface area contributed by atoms with Gasteiger partial charge in [0.15, 0.2) is 0 Å². The van der Waals surface area contributed by atoms with Gasteiger partial charge in [-0.1, -0.05) is 46.0 Å². The van der Waals surface area contributed by atoms with E-state index >= 15 is 0 Å². The molecule has 0 aliphatic rings. The van der Waals surface area contributed by atoms with Crippen LogP contribution in [0.15, 0.2) is 0 Å². The van der Waals surface area contributed by atoms with E-state index in [4.69, 9.17) is 9.47 Å². The molecule has 0 saturated heterocycles. The van der Waals surface area contributed by atoms with E-state index in [0.29, 0.717) is 19.3 Å². The Balaban J connectivity index is 0. The summed E-state index contributed by atoms with van der Waals surface area (Å²) in [5.41, 5.74) is 0. The molecule has 0 aromatic carbocycles. The van der Waals surface area contributed by atoms with Gasteiger partial charge in [0.05, 0.1) is 19.3 Å². The summed E-state index contributed by atoms with van der Waals surface area (Å²) in [6, 6.07) is 0. The predicted molar refractivity (Wildman–Crippen MR) is 88.5 cm³/mol. The molecule has 1 unspecified atom stereocenters. The van der Waals surface area contributed by atoms with E-state index in [1.807, 2.05) is 6.92 Å². The van der Waals surface area contributed by atoms with Crippen molar-refractivity contribution in [3.8, 4) is 0 Å². The van der Waals surface area contributed by atoms with E-state index in [9.17, 15) is 0 Å². The fourth-order valence-electron chi connectivity index (χ4n) is 2.03. The summed E-state index contributed by atoms with van der Waals surface area (Å²) in [5, 5.41) is 3.50. The number of nitrogens with one attached hydrogen (secondary N) is 1. The smallest absolute Gasteiger partial charge is 0.0704 e. The Morgan fingerprint density at radius 1 is 0.900 bits per heavy atom. The molecule has 3 nitrogen and oxygen atoms in total. The third-order valence-electron chi connectivity index (χ3n) is 3.32. The van der Waals surface area contributed by atoms with Gasteiger partial charge in [-0.15, -0.1) is 0 Å². The van der Waals surface area contributed by atoms with E-state index in [1.165, 1.54) is 38.5 Å². The summed E-state index contributed by atoms with van der Waals surface area (Å²) < 4.78 is 11.0. The summed E-state index contributed by atoms with van der Waals surface area (Å²) in [4.78, 5) is 0. The fraction of sp³-hybridized carbons (Fsp3) is 1.00. The van der Waals surface area contributed by atoms with Crippen molar-refractivity contribution in [1.82, 2.24) is 5.32 Å². The molecule has 0 spiro atoms. The molecule has 0 aromatic rings. The van der Waals surface area contributed by atoms with Crippen molar-refractivity contribution in [2.75, 3.05) is 32.9 Å². The van der Waals surface area contributed by atoms with Crippen LogP contribution in [0.4, 0.5) is 0 Å². The van der Waals surface area contributed by atoms with Gasteiger partial charge >= 0.3 is 0 Å². The number of unbranched alkanes of at least 4 members (excludes halogenated alkanes) is 5. The van der Waals surface area contributed by atoms with Gasteiger partial charge in [0.2, 0.25) is 0 Å². The van der Waals surface area contributed by atoms with E-state index in [1.54, 1.807) is 0 Å². The summed E-state index contributed by atoms with van der Waals surface area (Å²) in [6.45, 7) is 10.7. The molecule has 4 heteroatoms. The zero-order valence-corrected chi connectivity index (χ0v) is 16.4. The van der Waals surface area contributed by atoms with Crippen molar-refractivity contribution in [2.24, 2.45) is 0 Å². The molecule has 20 heavy (non-hydrogen) atoms. The molecule has 0 aromatic heterocycles. The van der Waals surface area contributed by atoms with Crippen LogP contribution in [0.3, 0.4) is 0 Å². The second-order valence-electron chi connectivity index (χ2n) is 5.07. The summed E-state index contributed by atoms with van der Waals surface area (Å²) in [7, 11) is 0. The van der Waals surface area contributed by atoms with Gasteiger partial charge in [-0.3, -0.25) is 0 Å². The molecule has 0 aliphatic heterocycles. The van der Waals surface area contributed by atoms with Crippen LogP contribution in [0.2, 0.25) is 0 Å². The molecule has 0 rings (SSSR count). The summed E-state index contributed by atoms with van der Waals surface area (Å²) in [5.74, 6) is 0. The molecular formula is C16H35NNaO2. The second kappa shape index (κ2) is 19.9. The monoisotopic (exact) mass is 296 g/mol. The number of rotatable bonds is 15. The number of hydrogen-bond donors (Lipinski definition) is 1. The van der Waals surface area contributed by atoms with Crippen LogP contribution in [0.25, 0.3) is 0 Å². The molecule has 1 atom stereocenters. The van der Waals surface area contributed by atoms with Gasteiger partial charge in [-0.2, -0.15) is 0 Å². The SMILES string of the molecule is CCCCCCCCNCC(CC)OCCOCC.[Na]. The Labute approximate surface area is 148 Å². The second-order valence-corrected chi connectivity index (χ2v) is 5.07. The normalized spacial score (nSPS) is 12.2. The fourth-order valence-corrected chi connectivity index (χ4v) is 2.03. The van der Waals surface area contributed by atoms with Crippen LogP contribution < -0.4 is 5.32 Å². The first-order chi connectivity index (χ1) is 9.35. The van der Waals surface area contributed by atoms with Crippen molar-refractivity contribution in [2.45, 2.75) is 71.8 Å². The minimum atomic E-state index is 0. The molecular weight excluding hydrogens is 261 g/mol. The van der Waals surface area contributed by atoms with Crippen LogP contribution in [-0.4, -0.2) is 68.6 Å². The number of ether oxygens (including phenoxy) is 2. The summed E-state index contributed by atoms with van der Waals surface area (Å²) >= 11 is 0. The van der Waals surface area contributed by atoms with Crippen molar-refractivity contribution in [1.29, 1.82) is 0 Å². The maximum atomic E-state index is 5.77. The Morgan fingerprint density at radius 3 is 2.25 bits per heavy atom. The molecule has 1 N–H and O–H groups in total. The average Bonchev–Trinajstić information content (AvgIpc) is 2.44. The standard InChI is InChI=1S/C16H35NO2.Na/c1-4-7-8-9-10-11-12-17-15-16(5-2)19-14-13-18-6-3;/h16-17H,4-15H2,1-3H3;. The Hall–Kier alpha value is 0.880. The van der Waals surface area contributed by atoms with Crippen LogP contribution in [0.5, 0.6) is 0 Å². The van der Waals surface area contributed by atoms with Crippen LogP contribution in [0.1, 0.15) is 65.7 Å². The zero-order valence-electron chi connectivity index (χ0n) is 14.4. The third-order valence-corrected chi connectivity index (χ3v) is 3.32. The average molecular weight is 296 g/mol. The molecule has 0 bridgehead atoms. The van der Waals surface area contributed by atoms with Gasteiger partial charge in [0.25, 0.3) is 0 Å². The maximum absolute atomic E-state index is 5.77. The van der Waals surface area contributed by atoms with E-state index in [-0.39, 0.29) is 29.6 Å². The van der Waals surface area contributed by atoms with Gasteiger partial charge in [-0.05, 0) is 26.3 Å². The van der Waals surface area contributed by atoms with Crippen LogP contribution in [0, 0.1) is 0 Å². The largest absolute Gasteiger partial charge is 0.379 e. The minimum absolute atomic E-state index is 0. The zero-order chi connectivity index (χ0) is 14.2. The van der Waals surface area contributed by atoms with Crippen LogP contribution in [-0.2, 0) is 9.47 Å². The third kappa shape index (κ3) is 16.9. The van der Waals surface area contributed by atoms with E-state index in [2.05, 4.69) is 19.2 Å². The van der Waals surface area contributed by atoms with Crippen molar-refractivity contribution in [3.05, 3.63) is 0 Å². The van der Waals surface area contributed by atoms with Crippen LogP contribution >= 0.6 is 0 Å². The van der Waals surface area contributed by atoms with Gasteiger partial charge in [0, 0.05) is 42.7 Å². The molecule has 117 valence electrons. The molecule has 0 saturated carbocycles. The first-order valence-corrected chi connectivity index (χ1v) is 8.25. The van der Waals surface area contributed by atoms with Gasteiger partial charge < -0.3 is 14.8 Å². The topological polar surface area (TPSA) is 30.5 Å². The van der Waals surface area contributed by atoms with Crippen molar-refractivity contribution < 1.29 is 9.47 Å². The predicted octanol–water partition coefficient (Wildman–Crippen LogP) is 3.39. The van der Waals surface area contributed by atoms with E-state index < -0.39 is 0 Å². The minimum Gasteiger partial charge on any atom is -0.379 e. The first kappa shape index (κ1) is 23.2. The molecule has 0 amide bonds. The van der Waals surface area contributed by atoms with Gasteiger partial charge in [0.1, 0.15) is 0 Å². The Kier molecular flexibility index (Phi) is 23.0. The maximum Gasteiger partial charge on any atom is 0.0704 e. The van der Waals surface area contributed by atoms with Crippen molar-refractivity contribution in [3.63, 3.8) is 0 Å². The number of hydrogen-bond acceptors (Lipinski definition) is 3. The molecule has 1 radical (unpaired) electrons. The molecule has 0 fully saturated rings. The Bertz CT molecular complexity index is 171. The van der Waals surface area contributed by atoms with E-state index in [0.717, 1.165) is 26.1 Å². The first-order valence-electron chi connectivity index (χ1n) is 8.25. The summed E-state index contributed by atoms with van der Waals surface area (Å²) in [6.07, 6.45) is 9.55. The molecule has 0 aliphatic carbocycles. The van der Waals surface area contributed by atoms with Crippen molar-refractivity contribution >= 4 is 29.6 Å². The molecule has 0 heterocycles. The quantitative estimate of drug-likeness (QED) is 0.371. The Morgan fingerprint density at radius 2 is 1.60 bits per heavy atom. The van der Waals surface area contributed by atoms with Gasteiger partial charge in [-0.25, -0.2) is 0 Å².